The van der Waals surface area contributed by atoms with Crippen molar-refractivity contribution in [3.8, 4) is 17.0 Å². The Labute approximate surface area is 190 Å². The first-order chi connectivity index (χ1) is 15.4. The third-order valence-corrected chi connectivity index (χ3v) is 6.41. The third-order valence-electron chi connectivity index (χ3n) is 5.66. The maximum absolute atomic E-state index is 13.3. The highest BCUT2D eigenvalue weighted by atomic mass is 32.1. The molecule has 32 heavy (non-hydrogen) atoms. The average molecular weight is 450 g/mol. The van der Waals surface area contributed by atoms with E-state index in [1.54, 1.807) is 31.4 Å². The van der Waals surface area contributed by atoms with E-state index < -0.39 is 23.8 Å². The van der Waals surface area contributed by atoms with Crippen molar-refractivity contribution < 1.29 is 19.1 Å². The zero-order valence-corrected chi connectivity index (χ0v) is 18.8. The lowest BCUT2D eigenvalue weighted by Gasteiger charge is -2.29. The molecular weight excluding hydrogens is 426 g/mol. The van der Waals surface area contributed by atoms with Crippen LogP contribution < -0.4 is 10.1 Å². The largest absolute Gasteiger partial charge is 0.497 e. The summed E-state index contributed by atoms with van der Waals surface area (Å²) in [7, 11) is 1.60. The SMILES string of the molecule is CCC(C)C(C(=O)Nc1nc(-c2cccc(OC)c2)cs1)N1C(=O)c2ccccc2C1=O. The van der Waals surface area contributed by atoms with Gasteiger partial charge in [-0.05, 0) is 30.2 Å². The van der Waals surface area contributed by atoms with E-state index in [0.717, 1.165) is 10.5 Å². The Kier molecular flexibility index (Phi) is 6.05. The van der Waals surface area contributed by atoms with Crippen LogP contribution in [0.5, 0.6) is 5.75 Å². The van der Waals surface area contributed by atoms with Gasteiger partial charge in [0.2, 0.25) is 5.91 Å². The molecule has 0 bridgehead atoms. The summed E-state index contributed by atoms with van der Waals surface area (Å²) in [6.07, 6.45) is 0.623. The van der Waals surface area contributed by atoms with Crippen LogP contribution in [0.1, 0.15) is 41.0 Å². The highest BCUT2D eigenvalue weighted by Gasteiger charge is 2.44. The van der Waals surface area contributed by atoms with Gasteiger partial charge in [0.05, 0.1) is 23.9 Å². The van der Waals surface area contributed by atoms with Gasteiger partial charge in [0.1, 0.15) is 11.8 Å². The number of carbonyl (C=O) groups excluding carboxylic acids is 3. The van der Waals surface area contributed by atoms with Crippen molar-refractivity contribution >= 4 is 34.2 Å². The predicted molar refractivity (Wildman–Crippen MR) is 123 cm³/mol. The fourth-order valence-electron chi connectivity index (χ4n) is 3.74. The van der Waals surface area contributed by atoms with Gasteiger partial charge in [0, 0.05) is 10.9 Å². The van der Waals surface area contributed by atoms with Crippen molar-refractivity contribution in [2.24, 2.45) is 5.92 Å². The molecule has 1 aliphatic heterocycles. The van der Waals surface area contributed by atoms with Gasteiger partial charge in [-0.1, -0.05) is 44.5 Å². The fraction of sp³-hybridized carbons (Fsp3) is 0.250. The lowest BCUT2D eigenvalue weighted by molar-refractivity contribution is -0.121. The minimum atomic E-state index is -0.934. The molecule has 1 aliphatic rings. The molecule has 2 aromatic carbocycles. The molecule has 2 atom stereocenters. The molecule has 2 unspecified atom stereocenters. The summed E-state index contributed by atoms with van der Waals surface area (Å²) >= 11 is 1.28. The lowest BCUT2D eigenvalue weighted by Crippen LogP contribution is -2.50. The van der Waals surface area contributed by atoms with Gasteiger partial charge in [0.25, 0.3) is 11.8 Å². The summed E-state index contributed by atoms with van der Waals surface area (Å²) in [5.41, 5.74) is 2.21. The number of rotatable bonds is 7. The highest BCUT2D eigenvalue weighted by Crippen LogP contribution is 2.31. The zero-order valence-electron chi connectivity index (χ0n) is 18.0. The first-order valence-electron chi connectivity index (χ1n) is 10.3. The van der Waals surface area contributed by atoms with Gasteiger partial charge in [0.15, 0.2) is 5.13 Å². The van der Waals surface area contributed by atoms with Crippen LogP contribution in [-0.4, -0.2) is 40.8 Å². The van der Waals surface area contributed by atoms with E-state index in [0.29, 0.717) is 34.1 Å². The number of hydrogen-bond donors (Lipinski definition) is 1. The molecular formula is C24H23N3O4S. The molecule has 1 N–H and O–H groups in total. The van der Waals surface area contributed by atoms with E-state index in [2.05, 4.69) is 10.3 Å². The number of thiazole rings is 1. The van der Waals surface area contributed by atoms with Crippen molar-refractivity contribution in [2.75, 3.05) is 12.4 Å². The van der Waals surface area contributed by atoms with Gasteiger partial charge in [-0.15, -0.1) is 11.3 Å². The second-order valence-corrected chi connectivity index (χ2v) is 8.47. The van der Waals surface area contributed by atoms with E-state index in [9.17, 15) is 14.4 Å². The normalized spacial score (nSPS) is 14.8. The molecule has 0 radical (unpaired) electrons. The predicted octanol–water partition coefficient (Wildman–Crippen LogP) is 4.47. The van der Waals surface area contributed by atoms with Crippen molar-refractivity contribution in [1.82, 2.24) is 9.88 Å². The van der Waals surface area contributed by atoms with E-state index in [1.807, 2.05) is 43.5 Å². The average Bonchev–Trinajstić information content (AvgIpc) is 3.38. The van der Waals surface area contributed by atoms with Gasteiger partial charge in [-0.25, -0.2) is 4.98 Å². The van der Waals surface area contributed by atoms with Crippen LogP contribution in [0, 0.1) is 5.92 Å². The Morgan fingerprint density at radius 3 is 2.44 bits per heavy atom. The second-order valence-electron chi connectivity index (χ2n) is 7.62. The number of nitrogens with one attached hydrogen (secondary N) is 1. The second kappa shape index (κ2) is 8.92. The maximum atomic E-state index is 13.3. The Bertz CT molecular complexity index is 1150. The minimum Gasteiger partial charge on any atom is -0.497 e. The zero-order chi connectivity index (χ0) is 22.8. The topological polar surface area (TPSA) is 88.6 Å². The van der Waals surface area contributed by atoms with E-state index in [4.69, 9.17) is 4.74 Å². The molecule has 0 spiro atoms. The number of methoxy groups -OCH3 is 1. The van der Waals surface area contributed by atoms with E-state index in [-0.39, 0.29) is 5.92 Å². The van der Waals surface area contributed by atoms with Crippen molar-refractivity contribution in [2.45, 2.75) is 26.3 Å². The molecule has 2 heterocycles. The van der Waals surface area contributed by atoms with Crippen LogP contribution in [0.25, 0.3) is 11.3 Å². The summed E-state index contributed by atoms with van der Waals surface area (Å²) in [4.78, 5) is 44.8. The molecule has 0 saturated carbocycles. The van der Waals surface area contributed by atoms with Crippen LogP contribution in [0.15, 0.2) is 53.9 Å². The minimum absolute atomic E-state index is 0.227. The number of amides is 3. The van der Waals surface area contributed by atoms with Gasteiger partial charge < -0.3 is 10.1 Å². The fourth-order valence-corrected chi connectivity index (χ4v) is 4.46. The number of imide groups is 1. The first kappa shape index (κ1) is 21.7. The van der Waals surface area contributed by atoms with Crippen LogP contribution in [-0.2, 0) is 4.79 Å². The van der Waals surface area contributed by atoms with Crippen LogP contribution in [0.3, 0.4) is 0 Å². The lowest BCUT2D eigenvalue weighted by atomic mass is 9.96. The van der Waals surface area contributed by atoms with Gasteiger partial charge >= 0.3 is 0 Å². The summed E-state index contributed by atoms with van der Waals surface area (Å²) < 4.78 is 5.26. The molecule has 0 saturated heterocycles. The number of hydrogen-bond acceptors (Lipinski definition) is 6. The Balaban J connectivity index is 1.58. The van der Waals surface area contributed by atoms with E-state index in [1.165, 1.54) is 11.3 Å². The van der Waals surface area contributed by atoms with Gasteiger partial charge in [-0.2, -0.15) is 0 Å². The monoisotopic (exact) mass is 449 g/mol. The third kappa shape index (κ3) is 3.89. The summed E-state index contributed by atoms with van der Waals surface area (Å²) in [5.74, 6) is -0.830. The number of aromatic nitrogens is 1. The first-order valence-corrected chi connectivity index (χ1v) is 11.2. The number of nitrogens with zero attached hydrogens (tertiary/aromatic N) is 2. The molecule has 1 aromatic heterocycles. The van der Waals surface area contributed by atoms with Crippen molar-refractivity contribution in [1.29, 1.82) is 0 Å². The van der Waals surface area contributed by atoms with Crippen molar-refractivity contribution in [3.63, 3.8) is 0 Å². The number of ether oxygens (including phenoxy) is 1. The van der Waals surface area contributed by atoms with Crippen LogP contribution in [0.2, 0.25) is 0 Å². The van der Waals surface area contributed by atoms with Crippen LogP contribution in [0.4, 0.5) is 5.13 Å². The smallest absolute Gasteiger partial charge is 0.262 e. The van der Waals surface area contributed by atoms with Crippen LogP contribution >= 0.6 is 11.3 Å². The Morgan fingerprint density at radius 2 is 1.81 bits per heavy atom. The number of fused-ring (bicyclic) bond motifs is 1. The molecule has 4 rings (SSSR count). The Morgan fingerprint density at radius 1 is 1.12 bits per heavy atom. The summed E-state index contributed by atoms with van der Waals surface area (Å²) in [6, 6.07) is 13.2. The quantitative estimate of drug-likeness (QED) is 0.538. The van der Waals surface area contributed by atoms with Crippen molar-refractivity contribution in [3.05, 3.63) is 65.0 Å². The standard InChI is InChI=1S/C24H23N3O4S/c1-4-14(2)20(27-22(29)17-10-5-6-11-18(17)23(27)30)21(28)26-24-25-19(13-32-24)15-8-7-9-16(12-15)31-3/h5-14,20H,4H2,1-3H3,(H,25,26,28). The van der Waals surface area contributed by atoms with Gasteiger partial charge in [-0.3, -0.25) is 19.3 Å². The number of carbonyl (C=O) groups is 3. The molecule has 3 aromatic rings. The number of anilines is 1. The molecule has 164 valence electrons. The molecule has 7 nitrogen and oxygen atoms in total. The Hall–Kier alpha value is -3.52. The number of benzene rings is 2. The molecule has 3 amide bonds. The molecule has 0 aliphatic carbocycles. The van der Waals surface area contributed by atoms with E-state index >= 15 is 0 Å². The summed E-state index contributed by atoms with van der Waals surface area (Å²) in [5, 5.41) is 5.05. The highest BCUT2D eigenvalue weighted by molar-refractivity contribution is 7.14. The summed E-state index contributed by atoms with van der Waals surface area (Å²) in [6.45, 7) is 3.78. The molecule has 0 fully saturated rings. The maximum Gasteiger partial charge on any atom is 0.262 e. The molecule has 8 heteroatoms.